The van der Waals surface area contributed by atoms with Gasteiger partial charge in [0.1, 0.15) is 4.21 Å². The molecule has 0 amide bonds. The third kappa shape index (κ3) is 4.18. The van der Waals surface area contributed by atoms with Crippen molar-refractivity contribution in [3.8, 4) is 0 Å². The molecule has 4 heterocycles. The maximum absolute atomic E-state index is 12.8. The molecule has 8 heteroatoms. The van der Waals surface area contributed by atoms with Gasteiger partial charge in [0.15, 0.2) is 0 Å². The SMILES string of the molecule is CC(C)N1CCN([C@@H]2CCOC3(CCN(S(=O)(=O)c4cccs4)CC3)C2)CC1. The molecule has 0 unspecified atom stereocenters. The van der Waals surface area contributed by atoms with E-state index in [0.717, 1.165) is 58.5 Å². The lowest BCUT2D eigenvalue weighted by Gasteiger charge is -2.49. The number of piperazine rings is 1. The van der Waals surface area contributed by atoms with Gasteiger partial charge in [-0.15, -0.1) is 11.3 Å². The molecule has 6 nitrogen and oxygen atoms in total. The molecule has 3 saturated heterocycles. The summed E-state index contributed by atoms with van der Waals surface area (Å²) in [4.78, 5) is 5.21. The molecule has 0 aromatic carbocycles. The summed E-state index contributed by atoms with van der Waals surface area (Å²) in [5.74, 6) is 0. The molecule has 0 aliphatic carbocycles. The van der Waals surface area contributed by atoms with E-state index in [-0.39, 0.29) is 5.60 Å². The molecular weight excluding hydrogens is 394 g/mol. The molecule has 0 radical (unpaired) electrons. The monoisotopic (exact) mass is 427 g/mol. The highest BCUT2D eigenvalue weighted by Crippen LogP contribution is 2.38. The maximum Gasteiger partial charge on any atom is 0.252 e. The number of hydrogen-bond donors (Lipinski definition) is 0. The van der Waals surface area contributed by atoms with Gasteiger partial charge in [-0.1, -0.05) is 6.07 Å². The third-order valence-corrected chi connectivity index (χ3v) is 10.1. The lowest BCUT2D eigenvalue weighted by atomic mass is 9.82. The minimum atomic E-state index is -3.34. The van der Waals surface area contributed by atoms with Crippen LogP contribution in [0, 0.1) is 0 Å². The Morgan fingerprint density at radius 1 is 1.14 bits per heavy atom. The van der Waals surface area contributed by atoms with Crippen molar-refractivity contribution in [3.63, 3.8) is 0 Å². The fourth-order valence-electron chi connectivity index (χ4n) is 4.95. The second-order valence-corrected chi connectivity index (χ2v) is 11.8. The van der Waals surface area contributed by atoms with Crippen molar-refractivity contribution >= 4 is 21.4 Å². The zero-order valence-electron chi connectivity index (χ0n) is 17.0. The lowest BCUT2D eigenvalue weighted by Crippen LogP contribution is -2.58. The van der Waals surface area contributed by atoms with Crippen molar-refractivity contribution in [3.05, 3.63) is 17.5 Å². The van der Waals surface area contributed by atoms with Crippen LogP contribution >= 0.6 is 11.3 Å². The molecule has 4 rings (SSSR count). The van der Waals surface area contributed by atoms with E-state index in [1.165, 1.54) is 11.3 Å². The van der Waals surface area contributed by atoms with Crippen molar-refractivity contribution in [2.45, 2.75) is 61.4 Å². The van der Waals surface area contributed by atoms with Gasteiger partial charge >= 0.3 is 0 Å². The van der Waals surface area contributed by atoms with Crippen LogP contribution in [-0.4, -0.2) is 86.1 Å². The zero-order chi connectivity index (χ0) is 19.8. The summed E-state index contributed by atoms with van der Waals surface area (Å²) >= 11 is 1.30. The van der Waals surface area contributed by atoms with Crippen LogP contribution in [0.2, 0.25) is 0 Å². The highest BCUT2D eigenvalue weighted by Gasteiger charge is 2.44. The summed E-state index contributed by atoms with van der Waals surface area (Å²) in [5, 5.41) is 1.83. The van der Waals surface area contributed by atoms with Crippen LogP contribution in [0.4, 0.5) is 0 Å². The van der Waals surface area contributed by atoms with Gasteiger partial charge in [-0.25, -0.2) is 8.42 Å². The smallest absolute Gasteiger partial charge is 0.252 e. The molecule has 0 saturated carbocycles. The van der Waals surface area contributed by atoms with Gasteiger partial charge in [0.05, 0.1) is 5.60 Å². The molecular formula is C20H33N3O3S2. The number of sulfonamides is 1. The molecule has 1 aromatic rings. The van der Waals surface area contributed by atoms with Gasteiger partial charge in [0.25, 0.3) is 10.0 Å². The van der Waals surface area contributed by atoms with Gasteiger partial charge in [-0.05, 0) is 51.0 Å². The minimum absolute atomic E-state index is 0.139. The Morgan fingerprint density at radius 3 is 2.46 bits per heavy atom. The number of ether oxygens (including phenoxy) is 1. The quantitative estimate of drug-likeness (QED) is 0.739. The average Bonchev–Trinajstić information content (AvgIpc) is 3.24. The molecule has 1 spiro atoms. The van der Waals surface area contributed by atoms with E-state index in [1.807, 2.05) is 5.38 Å². The summed E-state index contributed by atoms with van der Waals surface area (Å²) in [7, 11) is -3.34. The third-order valence-electron chi connectivity index (χ3n) is 6.79. The number of rotatable bonds is 4. The van der Waals surface area contributed by atoms with Crippen LogP contribution in [0.5, 0.6) is 0 Å². The van der Waals surface area contributed by atoms with Crippen LogP contribution in [0.15, 0.2) is 21.7 Å². The van der Waals surface area contributed by atoms with Crippen molar-refractivity contribution < 1.29 is 13.2 Å². The number of hydrogen-bond acceptors (Lipinski definition) is 6. The highest BCUT2D eigenvalue weighted by molar-refractivity contribution is 7.91. The van der Waals surface area contributed by atoms with Gasteiger partial charge < -0.3 is 4.74 Å². The average molecular weight is 428 g/mol. The van der Waals surface area contributed by atoms with E-state index in [9.17, 15) is 8.42 Å². The fourth-order valence-corrected chi connectivity index (χ4v) is 7.54. The Hall–Kier alpha value is -0.510. The van der Waals surface area contributed by atoms with Crippen LogP contribution in [0.3, 0.4) is 0 Å². The summed E-state index contributed by atoms with van der Waals surface area (Å²) in [6.45, 7) is 11.0. The van der Waals surface area contributed by atoms with E-state index in [2.05, 4.69) is 23.6 Å². The van der Waals surface area contributed by atoms with Gasteiger partial charge in [0, 0.05) is 58.0 Å². The van der Waals surface area contributed by atoms with Gasteiger partial charge in [-0.2, -0.15) is 4.31 Å². The highest BCUT2D eigenvalue weighted by atomic mass is 32.2. The van der Waals surface area contributed by atoms with E-state index in [4.69, 9.17) is 4.74 Å². The largest absolute Gasteiger partial charge is 0.375 e. The molecule has 158 valence electrons. The first kappa shape index (κ1) is 20.8. The molecule has 0 bridgehead atoms. The lowest BCUT2D eigenvalue weighted by molar-refractivity contribution is -0.130. The Morgan fingerprint density at radius 2 is 1.86 bits per heavy atom. The topological polar surface area (TPSA) is 53.1 Å². The van der Waals surface area contributed by atoms with E-state index in [1.54, 1.807) is 16.4 Å². The fraction of sp³-hybridized carbons (Fsp3) is 0.800. The predicted octanol–water partition coefficient (Wildman–Crippen LogP) is 2.48. The number of thiophene rings is 1. The molecule has 0 N–H and O–H groups in total. The number of piperidine rings is 1. The van der Waals surface area contributed by atoms with Crippen LogP contribution in [0.25, 0.3) is 0 Å². The van der Waals surface area contributed by atoms with Crippen LogP contribution < -0.4 is 0 Å². The van der Waals surface area contributed by atoms with Crippen molar-refractivity contribution in [2.24, 2.45) is 0 Å². The van der Waals surface area contributed by atoms with E-state index < -0.39 is 10.0 Å². The molecule has 3 aliphatic rings. The Labute approximate surface area is 173 Å². The second kappa shape index (κ2) is 8.32. The summed E-state index contributed by atoms with van der Waals surface area (Å²) in [5.41, 5.74) is -0.139. The molecule has 1 aromatic heterocycles. The number of nitrogens with zero attached hydrogens (tertiary/aromatic N) is 3. The summed E-state index contributed by atoms with van der Waals surface area (Å²) in [6.07, 6.45) is 3.75. The van der Waals surface area contributed by atoms with Crippen LogP contribution in [-0.2, 0) is 14.8 Å². The molecule has 3 aliphatic heterocycles. The zero-order valence-corrected chi connectivity index (χ0v) is 18.7. The summed E-state index contributed by atoms with van der Waals surface area (Å²) in [6, 6.07) is 4.70. The Bertz CT molecular complexity index is 735. The predicted molar refractivity (Wildman–Crippen MR) is 112 cm³/mol. The normalized spacial score (nSPS) is 28.2. The van der Waals surface area contributed by atoms with E-state index >= 15 is 0 Å². The minimum Gasteiger partial charge on any atom is -0.375 e. The Kier molecular flexibility index (Phi) is 6.16. The van der Waals surface area contributed by atoms with Crippen molar-refractivity contribution in [1.29, 1.82) is 0 Å². The van der Waals surface area contributed by atoms with Gasteiger partial charge in [0.2, 0.25) is 0 Å². The molecule has 1 atom stereocenters. The van der Waals surface area contributed by atoms with Crippen LogP contribution in [0.1, 0.15) is 39.5 Å². The standard InChI is InChI=1S/C20H33N3O3S2/c1-17(2)21-10-12-22(13-11-21)18-5-14-26-20(16-18)6-8-23(9-7-20)28(24,25)19-4-3-15-27-19/h3-4,15,17-18H,5-14,16H2,1-2H3/t18-/m1/s1. The first-order valence-corrected chi connectivity index (χ1v) is 12.9. The molecule has 3 fully saturated rings. The Balaban J connectivity index is 1.35. The van der Waals surface area contributed by atoms with Crippen molar-refractivity contribution in [1.82, 2.24) is 14.1 Å². The summed E-state index contributed by atoms with van der Waals surface area (Å²) < 4.78 is 34.0. The second-order valence-electron chi connectivity index (χ2n) is 8.68. The molecule has 28 heavy (non-hydrogen) atoms. The first-order chi connectivity index (χ1) is 13.4. The van der Waals surface area contributed by atoms with Crippen molar-refractivity contribution in [2.75, 3.05) is 45.9 Å². The maximum atomic E-state index is 12.8. The van der Waals surface area contributed by atoms with E-state index in [0.29, 0.717) is 29.4 Å². The van der Waals surface area contributed by atoms with Gasteiger partial charge in [-0.3, -0.25) is 9.80 Å². The first-order valence-electron chi connectivity index (χ1n) is 10.6.